The van der Waals surface area contributed by atoms with Crippen molar-refractivity contribution < 1.29 is 30.0 Å². The van der Waals surface area contributed by atoms with Gasteiger partial charge in [-0.15, -0.1) is 47.0 Å². The number of aromatic nitrogens is 2. The SMILES string of the molecule is [2H]C(C)(C)c1ccnc(-c2[c-]cc3c(c2)oc2cc(-c4ccccc4)ccc23)c1.[2H]C([2H])([2H])c1c[c-]c(-c2ccc([Si](C)(C)C)cn2)cc1-c1ccccc1.[Ir]. The van der Waals surface area contributed by atoms with Crippen LogP contribution in [0.2, 0.25) is 19.6 Å². The van der Waals surface area contributed by atoms with Crippen molar-refractivity contribution in [2.24, 2.45) is 0 Å². The molecule has 52 heavy (non-hydrogen) atoms. The van der Waals surface area contributed by atoms with E-state index in [0.29, 0.717) is 11.1 Å². The molecule has 5 heteroatoms. The van der Waals surface area contributed by atoms with E-state index in [4.69, 9.17) is 9.90 Å². The summed E-state index contributed by atoms with van der Waals surface area (Å²) < 4.78 is 38.0. The quantitative estimate of drug-likeness (QED) is 0.123. The summed E-state index contributed by atoms with van der Waals surface area (Å²) in [6.07, 6.45) is 3.69. The third-order valence-electron chi connectivity index (χ3n) is 9.07. The summed E-state index contributed by atoms with van der Waals surface area (Å²) in [5, 5.41) is 3.42. The minimum absolute atomic E-state index is 0. The van der Waals surface area contributed by atoms with Crippen molar-refractivity contribution in [2.45, 2.75) is 46.2 Å². The Bertz CT molecular complexity index is 2590. The zero-order chi connectivity index (χ0) is 39.0. The zero-order valence-corrected chi connectivity index (χ0v) is 33.3. The molecule has 8 aromatic rings. The molecule has 0 atom stereocenters. The van der Waals surface area contributed by atoms with Gasteiger partial charge in [0.1, 0.15) is 5.58 Å². The van der Waals surface area contributed by atoms with Gasteiger partial charge < -0.3 is 14.4 Å². The molecular formula is C47H42IrN2OSi-2. The van der Waals surface area contributed by atoms with Crippen LogP contribution in [0.25, 0.3) is 66.7 Å². The van der Waals surface area contributed by atoms with Gasteiger partial charge >= 0.3 is 0 Å². The Labute approximate surface area is 327 Å². The van der Waals surface area contributed by atoms with Gasteiger partial charge in [0.15, 0.2) is 0 Å². The number of benzene rings is 5. The van der Waals surface area contributed by atoms with Crippen molar-refractivity contribution in [3.63, 3.8) is 0 Å². The van der Waals surface area contributed by atoms with E-state index < -0.39 is 20.8 Å². The number of hydrogen-bond acceptors (Lipinski definition) is 3. The molecule has 0 aliphatic rings. The average Bonchev–Trinajstić information content (AvgIpc) is 3.55. The minimum atomic E-state index is -2.19. The van der Waals surface area contributed by atoms with E-state index in [-0.39, 0.29) is 20.1 Å². The Hall–Kier alpha value is -4.93. The van der Waals surface area contributed by atoms with Crippen LogP contribution in [0.5, 0.6) is 0 Å². The molecule has 0 aliphatic carbocycles. The Morgan fingerprint density at radius 3 is 2.04 bits per heavy atom. The van der Waals surface area contributed by atoms with Crippen molar-refractivity contribution in [3.05, 3.63) is 163 Å². The van der Waals surface area contributed by atoms with E-state index in [9.17, 15) is 0 Å². The van der Waals surface area contributed by atoms with Crippen LogP contribution < -0.4 is 5.19 Å². The van der Waals surface area contributed by atoms with Crippen molar-refractivity contribution in [1.29, 1.82) is 0 Å². The molecule has 0 unspecified atom stereocenters. The van der Waals surface area contributed by atoms with Crippen LogP contribution in [-0.4, -0.2) is 18.0 Å². The summed E-state index contributed by atoms with van der Waals surface area (Å²) in [7, 11) is -1.40. The molecule has 1 radical (unpaired) electrons. The fourth-order valence-electron chi connectivity index (χ4n) is 6.05. The number of pyridine rings is 2. The van der Waals surface area contributed by atoms with Crippen LogP contribution in [0.4, 0.5) is 0 Å². The van der Waals surface area contributed by atoms with Gasteiger partial charge in [0.25, 0.3) is 0 Å². The van der Waals surface area contributed by atoms with Gasteiger partial charge in [-0.1, -0.05) is 154 Å². The van der Waals surface area contributed by atoms with Gasteiger partial charge in [-0.3, -0.25) is 0 Å². The van der Waals surface area contributed by atoms with Crippen molar-refractivity contribution in [3.8, 4) is 44.8 Å². The zero-order valence-electron chi connectivity index (χ0n) is 33.9. The van der Waals surface area contributed by atoms with Crippen LogP contribution in [0.3, 0.4) is 0 Å². The normalized spacial score (nSPS) is 12.9. The van der Waals surface area contributed by atoms with Crippen LogP contribution in [0.15, 0.2) is 144 Å². The topological polar surface area (TPSA) is 38.9 Å². The van der Waals surface area contributed by atoms with Crippen molar-refractivity contribution in [2.75, 3.05) is 0 Å². The maximum atomic E-state index is 8.27. The standard InChI is InChI=1S/C26H20NO.C21H22NSi.Ir/c1-17(2)19-12-13-27-24(14-19)21-9-11-23-22-10-8-20(18-6-4-3-5-7-18)15-25(22)28-26(23)16-21;1-16-10-11-18(14-20(16)17-8-6-5-7-9-17)21-13-12-19(15-22-21)23(2,3)4;/h3-8,10-17H,1-2H3;5-10,12-15H,1-4H3;/q2*-1;/i17D;1D3;. The second-order valence-corrected chi connectivity index (χ2v) is 19.0. The van der Waals surface area contributed by atoms with Gasteiger partial charge in [0, 0.05) is 38.0 Å². The van der Waals surface area contributed by atoms with E-state index in [1.165, 1.54) is 10.8 Å². The molecule has 0 fully saturated rings. The van der Waals surface area contributed by atoms with Gasteiger partial charge in [0.2, 0.25) is 0 Å². The molecule has 0 saturated heterocycles. The van der Waals surface area contributed by atoms with Crippen LogP contribution in [-0.2, 0) is 20.1 Å². The number of furan rings is 1. The molecule has 0 spiro atoms. The summed E-state index contributed by atoms with van der Waals surface area (Å²) in [5.74, 6) is -0.672. The number of nitrogens with zero attached hydrogens (tertiary/aromatic N) is 2. The first-order valence-electron chi connectivity index (χ1n) is 19.1. The largest absolute Gasteiger partial charge is 0.476 e. The van der Waals surface area contributed by atoms with Crippen LogP contribution in [0.1, 0.15) is 36.4 Å². The molecule has 3 heterocycles. The summed E-state index contributed by atoms with van der Waals surface area (Å²) in [4.78, 5) is 9.09. The summed E-state index contributed by atoms with van der Waals surface area (Å²) in [6, 6.07) is 48.1. The molecule has 0 saturated carbocycles. The summed E-state index contributed by atoms with van der Waals surface area (Å²) in [6.45, 7) is 8.43. The minimum Gasteiger partial charge on any atom is -0.476 e. The predicted molar refractivity (Wildman–Crippen MR) is 217 cm³/mol. The average molecular weight is 875 g/mol. The van der Waals surface area contributed by atoms with E-state index in [1.54, 1.807) is 12.3 Å². The molecule has 3 aromatic heterocycles. The Morgan fingerprint density at radius 2 is 1.37 bits per heavy atom. The number of aryl methyl sites for hydroxylation is 1. The predicted octanol–water partition coefficient (Wildman–Crippen LogP) is 12.3. The molecule has 5 aromatic carbocycles. The fourth-order valence-corrected chi connectivity index (χ4v) is 7.09. The second-order valence-electron chi connectivity index (χ2n) is 14.0. The van der Waals surface area contributed by atoms with E-state index >= 15 is 0 Å². The first-order chi connectivity index (χ1) is 26.1. The molecule has 8 rings (SSSR count). The molecule has 261 valence electrons. The number of fused-ring (bicyclic) bond motifs is 3. The maximum Gasteiger partial charge on any atom is 0.124 e. The van der Waals surface area contributed by atoms with E-state index in [0.717, 1.165) is 61.1 Å². The Morgan fingerprint density at radius 1 is 0.673 bits per heavy atom. The van der Waals surface area contributed by atoms with Gasteiger partial charge in [0.05, 0.1) is 13.7 Å². The molecule has 0 aliphatic heterocycles. The summed E-state index contributed by atoms with van der Waals surface area (Å²) >= 11 is 0. The van der Waals surface area contributed by atoms with Crippen LogP contribution >= 0.6 is 0 Å². The smallest absolute Gasteiger partial charge is 0.124 e. The second kappa shape index (κ2) is 15.8. The first-order valence-corrected chi connectivity index (χ1v) is 20.6. The molecular weight excluding hydrogens is 829 g/mol. The van der Waals surface area contributed by atoms with Gasteiger partial charge in [-0.2, -0.15) is 0 Å². The number of rotatable bonds is 6. The maximum absolute atomic E-state index is 8.27. The fraction of sp³-hybridized carbons (Fsp3) is 0.149. The van der Waals surface area contributed by atoms with E-state index in [1.807, 2.05) is 105 Å². The van der Waals surface area contributed by atoms with Crippen molar-refractivity contribution in [1.82, 2.24) is 9.97 Å². The van der Waals surface area contributed by atoms with Crippen molar-refractivity contribution >= 4 is 35.2 Å². The Balaban J connectivity index is 0.000000188. The molecule has 0 N–H and O–H groups in total. The number of hydrogen-bond donors (Lipinski definition) is 0. The molecule has 0 amide bonds. The van der Waals surface area contributed by atoms with E-state index in [2.05, 4.69) is 78.1 Å². The third kappa shape index (κ3) is 8.08. The molecule has 0 bridgehead atoms. The van der Waals surface area contributed by atoms with Gasteiger partial charge in [-0.05, 0) is 56.7 Å². The third-order valence-corrected chi connectivity index (χ3v) is 11.1. The molecule has 3 nitrogen and oxygen atoms in total. The summed E-state index contributed by atoms with van der Waals surface area (Å²) in [5.41, 5.74) is 10.1. The van der Waals surface area contributed by atoms with Gasteiger partial charge in [-0.25, -0.2) is 0 Å². The Kier molecular flexibility index (Phi) is 9.63. The first kappa shape index (κ1) is 31.8. The monoisotopic (exact) mass is 875 g/mol. The van der Waals surface area contributed by atoms with Crippen LogP contribution in [0, 0.1) is 19.0 Å².